The zero-order valence-electron chi connectivity index (χ0n) is 14.2. The smallest absolute Gasteiger partial charge is 0.317 e. The third-order valence-corrected chi connectivity index (χ3v) is 4.28. The summed E-state index contributed by atoms with van der Waals surface area (Å²) in [5.74, 6) is 0.854. The summed E-state index contributed by atoms with van der Waals surface area (Å²) in [6.07, 6.45) is 2.90. The Morgan fingerprint density at radius 1 is 1.38 bits per heavy atom. The highest BCUT2D eigenvalue weighted by Crippen LogP contribution is 2.18. The van der Waals surface area contributed by atoms with Crippen molar-refractivity contribution in [2.75, 3.05) is 13.1 Å². The van der Waals surface area contributed by atoms with Gasteiger partial charge in [0.05, 0.1) is 12.2 Å². The van der Waals surface area contributed by atoms with Crippen molar-refractivity contribution in [1.29, 1.82) is 0 Å². The molecule has 6 heteroatoms. The number of rotatable bonds is 5. The summed E-state index contributed by atoms with van der Waals surface area (Å²) in [5.41, 5.74) is 2.02. The molecule has 128 valence electrons. The van der Waals surface area contributed by atoms with Gasteiger partial charge < -0.3 is 15.0 Å². The van der Waals surface area contributed by atoms with E-state index in [1.807, 2.05) is 60.0 Å². The first-order valence-corrected chi connectivity index (χ1v) is 8.43. The second-order valence-electron chi connectivity index (χ2n) is 6.04. The average Bonchev–Trinajstić information content (AvgIpc) is 3.20. The molecule has 0 spiro atoms. The van der Waals surface area contributed by atoms with E-state index < -0.39 is 0 Å². The van der Waals surface area contributed by atoms with Crippen LogP contribution in [0.2, 0.25) is 0 Å². The molecule has 1 aromatic heterocycles. The van der Waals surface area contributed by atoms with E-state index >= 15 is 0 Å². The molecule has 6 nitrogen and oxygen atoms in total. The molecule has 1 N–H and O–H groups in total. The van der Waals surface area contributed by atoms with Gasteiger partial charge in [-0.2, -0.15) is 5.10 Å². The van der Waals surface area contributed by atoms with Crippen molar-refractivity contribution in [1.82, 2.24) is 20.0 Å². The van der Waals surface area contributed by atoms with E-state index in [4.69, 9.17) is 4.74 Å². The van der Waals surface area contributed by atoms with Crippen LogP contribution in [0.3, 0.4) is 0 Å². The Kier molecular flexibility index (Phi) is 5.03. The Hall–Kier alpha value is -2.50. The van der Waals surface area contributed by atoms with Crippen LogP contribution < -0.4 is 10.1 Å². The lowest BCUT2D eigenvalue weighted by atomic mass is 10.3. The molecule has 1 aromatic carbocycles. The molecule has 0 unspecified atom stereocenters. The van der Waals surface area contributed by atoms with E-state index in [9.17, 15) is 4.79 Å². The standard InChI is InChI=1S/C18H24N4O2/c1-3-22-12-15(14(2)20-22)11-19-18(23)21-10-9-17(13-21)24-16-7-5-4-6-8-16/h4-8,12,17H,3,9-11,13H2,1-2H3,(H,19,23)/t17-/m0/s1. The highest BCUT2D eigenvalue weighted by molar-refractivity contribution is 5.74. The number of aromatic nitrogens is 2. The molecule has 24 heavy (non-hydrogen) atoms. The highest BCUT2D eigenvalue weighted by atomic mass is 16.5. The highest BCUT2D eigenvalue weighted by Gasteiger charge is 2.27. The van der Waals surface area contributed by atoms with Gasteiger partial charge in [0.2, 0.25) is 0 Å². The van der Waals surface area contributed by atoms with Crippen molar-refractivity contribution < 1.29 is 9.53 Å². The van der Waals surface area contributed by atoms with Crippen LogP contribution in [0.4, 0.5) is 4.79 Å². The molecule has 2 heterocycles. The summed E-state index contributed by atoms with van der Waals surface area (Å²) >= 11 is 0. The predicted molar refractivity (Wildman–Crippen MR) is 91.9 cm³/mol. The topological polar surface area (TPSA) is 59.4 Å². The summed E-state index contributed by atoms with van der Waals surface area (Å²) in [4.78, 5) is 14.1. The van der Waals surface area contributed by atoms with Gasteiger partial charge >= 0.3 is 6.03 Å². The maximum Gasteiger partial charge on any atom is 0.317 e. The summed E-state index contributed by atoms with van der Waals surface area (Å²) in [7, 11) is 0. The molecule has 2 aromatic rings. The van der Waals surface area contributed by atoms with Gasteiger partial charge in [-0.1, -0.05) is 18.2 Å². The van der Waals surface area contributed by atoms with Gasteiger partial charge in [0.1, 0.15) is 11.9 Å². The van der Waals surface area contributed by atoms with E-state index in [2.05, 4.69) is 10.4 Å². The molecule has 1 saturated heterocycles. The summed E-state index contributed by atoms with van der Waals surface area (Å²) in [6.45, 7) is 6.69. The molecular formula is C18H24N4O2. The minimum Gasteiger partial charge on any atom is -0.489 e. The summed E-state index contributed by atoms with van der Waals surface area (Å²) in [5, 5.41) is 7.38. The number of nitrogens with zero attached hydrogens (tertiary/aromatic N) is 3. The number of nitrogens with one attached hydrogen (secondary N) is 1. The van der Waals surface area contributed by atoms with Gasteiger partial charge in [-0.25, -0.2) is 4.79 Å². The normalized spacial score (nSPS) is 17.1. The molecular weight excluding hydrogens is 304 g/mol. The molecule has 3 rings (SSSR count). The van der Waals surface area contributed by atoms with Gasteiger partial charge in [-0.05, 0) is 26.0 Å². The third-order valence-electron chi connectivity index (χ3n) is 4.28. The van der Waals surface area contributed by atoms with Gasteiger partial charge in [0.25, 0.3) is 0 Å². The number of benzene rings is 1. The fourth-order valence-electron chi connectivity index (χ4n) is 2.88. The van der Waals surface area contributed by atoms with Crippen molar-refractivity contribution in [3.05, 3.63) is 47.8 Å². The first kappa shape index (κ1) is 16.4. The van der Waals surface area contributed by atoms with Crippen LogP contribution in [0, 0.1) is 6.92 Å². The van der Waals surface area contributed by atoms with Gasteiger partial charge in [0.15, 0.2) is 0 Å². The number of ether oxygens (including phenoxy) is 1. The number of aryl methyl sites for hydroxylation is 2. The average molecular weight is 328 g/mol. The zero-order valence-corrected chi connectivity index (χ0v) is 14.2. The molecule has 0 aliphatic carbocycles. The number of amides is 2. The predicted octanol–water partition coefficient (Wildman–Crippen LogP) is 2.57. The van der Waals surface area contributed by atoms with Crippen LogP contribution in [-0.2, 0) is 13.1 Å². The first-order valence-electron chi connectivity index (χ1n) is 8.43. The second kappa shape index (κ2) is 7.38. The van der Waals surface area contributed by atoms with E-state index in [1.165, 1.54) is 0 Å². The number of para-hydroxylation sites is 1. The van der Waals surface area contributed by atoms with Crippen molar-refractivity contribution >= 4 is 6.03 Å². The van der Waals surface area contributed by atoms with E-state index in [-0.39, 0.29) is 12.1 Å². The number of urea groups is 1. The molecule has 1 fully saturated rings. The lowest BCUT2D eigenvalue weighted by Gasteiger charge is -2.18. The lowest BCUT2D eigenvalue weighted by molar-refractivity contribution is 0.186. The van der Waals surface area contributed by atoms with Crippen LogP contribution in [0.25, 0.3) is 0 Å². The number of carbonyl (C=O) groups is 1. The molecule has 1 atom stereocenters. The third kappa shape index (κ3) is 3.88. The summed E-state index contributed by atoms with van der Waals surface area (Å²) in [6, 6.07) is 9.71. The van der Waals surface area contributed by atoms with Gasteiger partial charge in [-0.3, -0.25) is 4.68 Å². The lowest BCUT2D eigenvalue weighted by Crippen LogP contribution is -2.39. The van der Waals surface area contributed by atoms with Crippen molar-refractivity contribution in [3.63, 3.8) is 0 Å². The number of carbonyl (C=O) groups excluding carboxylic acids is 1. The molecule has 0 bridgehead atoms. The molecule has 1 aliphatic rings. The Labute approximate surface area is 142 Å². The fourth-order valence-corrected chi connectivity index (χ4v) is 2.88. The van der Waals surface area contributed by atoms with E-state index in [0.717, 1.165) is 36.5 Å². The fraction of sp³-hybridized carbons (Fsp3) is 0.444. The van der Waals surface area contributed by atoms with E-state index in [1.54, 1.807) is 0 Å². The first-order chi connectivity index (χ1) is 11.7. The number of hydrogen-bond acceptors (Lipinski definition) is 3. The Morgan fingerprint density at radius 2 is 2.17 bits per heavy atom. The Morgan fingerprint density at radius 3 is 2.88 bits per heavy atom. The zero-order chi connectivity index (χ0) is 16.9. The Balaban J connectivity index is 1.48. The maximum atomic E-state index is 12.3. The van der Waals surface area contributed by atoms with Crippen LogP contribution >= 0.6 is 0 Å². The second-order valence-corrected chi connectivity index (χ2v) is 6.04. The van der Waals surface area contributed by atoms with Crippen molar-refractivity contribution in [2.45, 2.75) is 39.5 Å². The van der Waals surface area contributed by atoms with Crippen LogP contribution in [0.15, 0.2) is 36.5 Å². The van der Waals surface area contributed by atoms with Crippen LogP contribution in [0.1, 0.15) is 24.6 Å². The maximum absolute atomic E-state index is 12.3. The number of likely N-dealkylation sites (tertiary alicyclic amines) is 1. The molecule has 2 amide bonds. The van der Waals surface area contributed by atoms with Crippen LogP contribution in [0.5, 0.6) is 5.75 Å². The van der Waals surface area contributed by atoms with Crippen LogP contribution in [-0.4, -0.2) is 39.9 Å². The quantitative estimate of drug-likeness (QED) is 0.918. The monoisotopic (exact) mass is 328 g/mol. The molecule has 0 radical (unpaired) electrons. The van der Waals surface area contributed by atoms with Gasteiger partial charge in [0, 0.05) is 37.8 Å². The van der Waals surface area contributed by atoms with Crippen molar-refractivity contribution in [2.24, 2.45) is 0 Å². The van der Waals surface area contributed by atoms with Gasteiger partial charge in [-0.15, -0.1) is 0 Å². The minimum atomic E-state index is -0.0437. The molecule has 1 aliphatic heterocycles. The number of hydrogen-bond donors (Lipinski definition) is 1. The largest absolute Gasteiger partial charge is 0.489 e. The summed E-state index contributed by atoms with van der Waals surface area (Å²) < 4.78 is 7.81. The molecule has 0 saturated carbocycles. The van der Waals surface area contributed by atoms with E-state index in [0.29, 0.717) is 13.1 Å². The van der Waals surface area contributed by atoms with Crippen molar-refractivity contribution in [3.8, 4) is 5.75 Å². The minimum absolute atomic E-state index is 0.0437. The Bertz CT molecular complexity index is 684. The SMILES string of the molecule is CCn1cc(CNC(=O)N2CC[C@H](Oc3ccccc3)C2)c(C)n1.